The Bertz CT molecular complexity index is 185. The molecular weight excluding hydrogens is 174 g/mol. The monoisotopic (exact) mass is 199 g/mol. The second-order valence-corrected chi connectivity index (χ2v) is 5.70. The number of likely N-dealkylation sites (N-methyl/N-ethyl adjacent to an activating group) is 1. The number of hydrogen-bond donors (Lipinski definition) is 0. The van der Waals surface area contributed by atoms with Gasteiger partial charge in [0.1, 0.15) is 0 Å². The van der Waals surface area contributed by atoms with Crippen molar-refractivity contribution in [1.82, 2.24) is 4.90 Å². The van der Waals surface area contributed by atoms with Crippen LogP contribution in [0.1, 0.15) is 41.0 Å². The Morgan fingerprint density at radius 3 is 2.21 bits per heavy atom. The fraction of sp³-hybridized carbons (Fsp3) is 1.00. The quantitative estimate of drug-likeness (QED) is 0.677. The smallest absolute Gasteiger partial charge is 0.0629 e. The molecule has 1 saturated heterocycles. The van der Waals surface area contributed by atoms with E-state index < -0.39 is 0 Å². The first kappa shape index (κ1) is 12.0. The molecule has 2 heteroatoms. The first-order chi connectivity index (χ1) is 6.31. The highest BCUT2D eigenvalue weighted by Crippen LogP contribution is 2.28. The number of likely N-dealkylation sites (tertiary alicyclic amines) is 1. The third-order valence-electron chi connectivity index (χ3n) is 3.39. The number of nitrogens with zero attached hydrogens (tertiary/aromatic N) is 1. The van der Waals surface area contributed by atoms with Crippen molar-refractivity contribution >= 4 is 0 Å². The van der Waals surface area contributed by atoms with Crippen LogP contribution in [0.25, 0.3) is 0 Å². The molecule has 1 aliphatic heterocycles. The molecule has 2 nitrogen and oxygen atoms in total. The number of ether oxygens (including phenoxy) is 1. The summed E-state index contributed by atoms with van der Waals surface area (Å²) in [5, 5.41) is 0. The Balaban J connectivity index is 2.40. The van der Waals surface area contributed by atoms with E-state index in [2.05, 4.69) is 46.6 Å². The van der Waals surface area contributed by atoms with E-state index in [1.165, 1.54) is 6.42 Å². The van der Waals surface area contributed by atoms with Crippen molar-refractivity contribution in [1.29, 1.82) is 0 Å². The lowest BCUT2D eigenvalue weighted by Crippen LogP contribution is -2.36. The van der Waals surface area contributed by atoms with Crippen molar-refractivity contribution in [2.45, 2.75) is 58.7 Å². The van der Waals surface area contributed by atoms with Gasteiger partial charge in [0.25, 0.3) is 0 Å². The van der Waals surface area contributed by atoms with Crippen LogP contribution in [0, 0.1) is 5.92 Å². The topological polar surface area (TPSA) is 12.5 Å². The molecule has 14 heavy (non-hydrogen) atoms. The maximum absolute atomic E-state index is 5.84. The van der Waals surface area contributed by atoms with Crippen LogP contribution in [0.2, 0.25) is 0 Å². The predicted molar refractivity (Wildman–Crippen MR) is 60.5 cm³/mol. The molecule has 0 bridgehead atoms. The number of hydrogen-bond acceptors (Lipinski definition) is 2. The molecule has 1 aliphatic rings. The molecule has 0 aromatic rings. The average Bonchev–Trinajstić information content (AvgIpc) is 2.28. The van der Waals surface area contributed by atoms with Gasteiger partial charge in [0, 0.05) is 12.1 Å². The van der Waals surface area contributed by atoms with Gasteiger partial charge in [0.2, 0.25) is 0 Å². The molecular formula is C12H25NO. The largest absolute Gasteiger partial charge is 0.374 e. The highest BCUT2D eigenvalue weighted by molar-refractivity contribution is 4.87. The van der Waals surface area contributed by atoms with Crippen LogP contribution >= 0.6 is 0 Å². The van der Waals surface area contributed by atoms with Crippen molar-refractivity contribution in [3.05, 3.63) is 0 Å². The Morgan fingerprint density at radius 2 is 1.86 bits per heavy atom. The van der Waals surface area contributed by atoms with Gasteiger partial charge >= 0.3 is 0 Å². The zero-order valence-corrected chi connectivity index (χ0v) is 10.5. The van der Waals surface area contributed by atoms with Gasteiger partial charge in [0.05, 0.1) is 12.2 Å². The summed E-state index contributed by atoms with van der Waals surface area (Å²) < 4.78 is 5.84. The number of rotatable bonds is 2. The van der Waals surface area contributed by atoms with Crippen LogP contribution in [0.15, 0.2) is 0 Å². The lowest BCUT2D eigenvalue weighted by Gasteiger charge is -2.27. The van der Waals surface area contributed by atoms with E-state index in [0.717, 1.165) is 12.5 Å². The Hall–Kier alpha value is -0.0800. The van der Waals surface area contributed by atoms with Crippen molar-refractivity contribution < 1.29 is 4.74 Å². The zero-order valence-electron chi connectivity index (χ0n) is 10.5. The maximum Gasteiger partial charge on any atom is 0.0629 e. The second kappa shape index (κ2) is 4.19. The van der Waals surface area contributed by atoms with Crippen LogP contribution in [0.4, 0.5) is 0 Å². The fourth-order valence-electron chi connectivity index (χ4n) is 2.06. The molecule has 0 aromatic heterocycles. The molecule has 0 saturated carbocycles. The van der Waals surface area contributed by atoms with Crippen molar-refractivity contribution in [2.24, 2.45) is 5.92 Å². The molecule has 0 radical (unpaired) electrons. The molecule has 0 amide bonds. The van der Waals surface area contributed by atoms with Crippen LogP contribution in [-0.2, 0) is 4.74 Å². The second-order valence-electron chi connectivity index (χ2n) is 5.70. The SMILES string of the molecule is C[C@@H]1C[C@@H](COC(C)(C)C)N(C)[C@H]1C. The lowest BCUT2D eigenvalue weighted by atomic mass is 10.0. The third kappa shape index (κ3) is 2.96. The molecule has 0 aromatic carbocycles. The first-order valence-corrected chi connectivity index (χ1v) is 5.67. The van der Waals surface area contributed by atoms with Crippen LogP contribution in [-0.4, -0.2) is 36.2 Å². The van der Waals surface area contributed by atoms with E-state index in [4.69, 9.17) is 4.74 Å². The Morgan fingerprint density at radius 1 is 1.29 bits per heavy atom. The van der Waals surface area contributed by atoms with Gasteiger partial charge < -0.3 is 4.74 Å². The van der Waals surface area contributed by atoms with Gasteiger partial charge in [-0.25, -0.2) is 0 Å². The fourth-order valence-corrected chi connectivity index (χ4v) is 2.06. The zero-order chi connectivity index (χ0) is 10.9. The Labute approximate surface area is 88.6 Å². The summed E-state index contributed by atoms with van der Waals surface area (Å²) in [5.41, 5.74) is -0.00406. The standard InChI is InChI=1S/C12H25NO/c1-9-7-11(13(6)10(9)2)8-14-12(3,4)5/h9-11H,7-8H2,1-6H3/t9-,10+,11+/m1/s1. The van der Waals surface area contributed by atoms with Gasteiger partial charge in [-0.15, -0.1) is 0 Å². The van der Waals surface area contributed by atoms with E-state index in [1.807, 2.05) is 0 Å². The molecule has 1 heterocycles. The molecule has 3 atom stereocenters. The van der Waals surface area contributed by atoms with Crippen LogP contribution in [0.3, 0.4) is 0 Å². The summed E-state index contributed by atoms with van der Waals surface area (Å²) in [6.45, 7) is 11.9. The van der Waals surface area contributed by atoms with E-state index >= 15 is 0 Å². The Kier molecular flexibility index (Phi) is 3.59. The minimum Gasteiger partial charge on any atom is -0.374 e. The summed E-state index contributed by atoms with van der Waals surface area (Å²) in [6.07, 6.45) is 1.27. The molecule has 0 unspecified atom stereocenters. The summed E-state index contributed by atoms with van der Waals surface area (Å²) in [7, 11) is 2.21. The summed E-state index contributed by atoms with van der Waals surface area (Å²) in [4.78, 5) is 2.45. The molecule has 0 N–H and O–H groups in total. The molecule has 0 aliphatic carbocycles. The summed E-state index contributed by atoms with van der Waals surface area (Å²) in [5.74, 6) is 0.800. The minimum atomic E-state index is -0.00406. The predicted octanol–water partition coefficient (Wildman–Crippen LogP) is 2.53. The van der Waals surface area contributed by atoms with E-state index in [-0.39, 0.29) is 5.60 Å². The molecule has 84 valence electrons. The summed E-state index contributed by atoms with van der Waals surface area (Å²) >= 11 is 0. The van der Waals surface area contributed by atoms with Crippen molar-refractivity contribution in [3.8, 4) is 0 Å². The maximum atomic E-state index is 5.84. The third-order valence-corrected chi connectivity index (χ3v) is 3.39. The molecule has 0 spiro atoms. The normalized spacial score (nSPS) is 35.1. The highest BCUT2D eigenvalue weighted by atomic mass is 16.5. The molecule has 1 fully saturated rings. The minimum absolute atomic E-state index is 0.00406. The lowest BCUT2D eigenvalue weighted by molar-refractivity contribution is -0.0276. The van der Waals surface area contributed by atoms with Crippen LogP contribution in [0.5, 0.6) is 0 Å². The van der Waals surface area contributed by atoms with Gasteiger partial charge in [-0.3, -0.25) is 4.90 Å². The van der Waals surface area contributed by atoms with E-state index in [9.17, 15) is 0 Å². The van der Waals surface area contributed by atoms with Crippen LogP contribution < -0.4 is 0 Å². The summed E-state index contributed by atoms with van der Waals surface area (Å²) in [6, 6.07) is 1.31. The van der Waals surface area contributed by atoms with E-state index in [0.29, 0.717) is 12.1 Å². The van der Waals surface area contributed by atoms with Gasteiger partial charge in [-0.1, -0.05) is 6.92 Å². The van der Waals surface area contributed by atoms with Gasteiger partial charge in [-0.05, 0) is 47.1 Å². The highest BCUT2D eigenvalue weighted by Gasteiger charge is 2.33. The van der Waals surface area contributed by atoms with Crippen molar-refractivity contribution in [3.63, 3.8) is 0 Å². The van der Waals surface area contributed by atoms with Gasteiger partial charge in [0.15, 0.2) is 0 Å². The first-order valence-electron chi connectivity index (χ1n) is 5.67. The molecule has 1 rings (SSSR count). The van der Waals surface area contributed by atoms with Gasteiger partial charge in [-0.2, -0.15) is 0 Å². The van der Waals surface area contributed by atoms with E-state index in [1.54, 1.807) is 0 Å². The van der Waals surface area contributed by atoms with Crippen molar-refractivity contribution in [2.75, 3.05) is 13.7 Å². The average molecular weight is 199 g/mol.